The van der Waals surface area contributed by atoms with Gasteiger partial charge in [-0.05, 0) is 0 Å². The summed E-state index contributed by atoms with van der Waals surface area (Å²) in [5, 5.41) is 0. The summed E-state index contributed by atoms with van der Waals surface area (Å²) in [6, 6.07) is 0. The molecule has 0 N–H and O–H groups in total. The Labute approximate surface area is 94.8 Å². The maximum atomic E-state index is 4.43. The summed E-state index contributed by atoms with van der Waals surface area (Å²) >= 11 is 0. The van der Waals surface area contributed by atoms with E-state index in [0.717, 1.165) is 0 Å². The average Bonchev–Trinajstić information content (AvgIpc) is 1.37. The summed E-state index contributed by atoms with van der Waals surface area (Å²) < 4.78 is 4.43. The Hall–Kier alpha value is 1.06. The number of hydrogen-bond acceptors (Lipinski definition) is 1. The molecule has 0 aliphatic heterocycles. The first-order chi connectivity index (χ1) is 1.91. The van der Waals surface area contributed by atoms with Gasteiger partial charge in [0.2, 0.25) is 0 Å². The van der Waals surface area contributed by atoms with Crippen molar-refractivity contribution in [2.45, 2.75) is 29.7 Å². The van der Waals surface area contributed by atoms with Gasteiger partial charge in [-0.1, -0.05) is 36.3 Å². The molecule has 0 aromatic carbocycles. The van der Waals surface area contributed by atoms with Crippen LogP contribution in [0, 0.1) is 14.4 Å². The second-order valence-electron chi connectivity index (χ2n) is 0.493. The number of ether oxygens (including phenoxy) is 1. The first kappa shape index (κ1) is 67.9. The van der Waals surface area contributed by atoms with Gasteiger partial charge in [0.15, 0.2) is 0 Å². The van der Waals surface area contributed by atoms with E-state index >= 15 is 0 Å². The third kappa shape index (κ3) is 138. The topological polar surface area (TPSA) is 9.23 Å². The molecule has 0 spiro atoms. The van der Waals surface area contributed by atoms with Crippen LogP contribution < -0.4 is 0 Å². The monoisotopic (exact) mass is 227 g/mol. The molecule has 0 amide bonds. The molecule has 2 heteroatoms. The van der Waals surface area contributed by atoms with Crippen molar-refractivity contribution in [2.75, 3.05) is 13.7 Å². The van der Waals surface area contributed by atoms with Gasteiger partial charge < -0.3 is 19.1 Å². The van der Waals surface area contributed by atoms with Gasteiger partial charge in [-0.25, -0.2) is 0 Å². The Bertz CT molecular complexity index is 11.2. The first-order valence-corrected chi connectivity index (χ1v) is 1.20. The van der Waals surface area contributed by atoms with Crippen LogP contribution in [0.5, 0.6) is 0 Å². The molecule has 10 heavy (non-hydrogen) atoms. The number of rotatable bonds is 1. The van der Waals surface area contributed by atoms with E-state index in [1.54, 1.807) is 7.11 Å². The molecular weight excluding hydrogens is 201 g/mol. The predicted octanol–water partition coefficient (Wildman–Crippen LogP) is 3.46. The quantitative estimate of drug-likeness (QED) is 0.623. The van der Waals surface area contributed by atoms with Crippen molar-refractivity contribution >= 4 is 0 Å². The van der Waals surface area contributed by atoms with Gasteiger partial charge in [0.25, 0.3) is 0 Å². The van der Waals surface area contributed by atoms with Crippen molar-refractivity contribution in [3.05, 3.63) is 14.4 Å². The van der Waals surface area contributed by atoms with E-state index in [2.05, 4.69) is 11.7 Å². The largest absolute Gasteiger partial charge is 0.417 e. The van der Waals surface area contributed by atoms with Crippen LogP contribution in [0.15, 0.2) is 0 Å². The molecule has 0 aromatic rings. The average molecular weight is 227 g/mol. The summed E-state index contributed by atoms with van der Waals surface area (Å²) in [7, 11) is 1.62. The molecule has 1 nitrogen and oxygen atoms in total. The van der Waals surface area contributed by atoms with Crippen LogP contribution in [0.4, 0.5) is 0 Å². The fourth-order valence-corrected chi connectivity index (χ4v) is 0. The van der Waals surface area contributed by atoms with E-state index in [4.69, 9.17) is 0 Å². The zero-order valence-electron chi connectivity index (χ0n) is 4.40. The second kappa shape index (κ2) is 88.1. The van der Waals surface area contributed by atoms with Crippen LogP contribution in [0.1, 0.15) is 29.7 Å². The molecule has 69 valence electrons. The smallest absolute Gasteiger partial charge is 0.0319 e. The standard InChI is InChI=1S/C3H7O.4CH4.CH3.Y/c1-3-4-2;;;;;;/h1,3H2,2H3;4*1H4;1H3;/q-1;;;;;-1;. The Balaban J connectivity index is -0.00000000300. The Kier molecular flexibility index (Phi) is 598. The van der Waals surface area contributed by atoms with Crippen LogP contribution in [0.25, 0.3) is 0 Å². The van der Waals surface area contributed by atoms with Gasteiger partial charge in [-0.2, -0.15) is 0 Å². The minimum absolute atomic E-state index is 0. The summed E-state index contributed by atoms with van der Waals surface area (Å²) in [6.45, 7) is 3.95. The van der Waals surface area contributed by atoms with Crippen molar-refractivity contribution in [1.29, 1.82) is 0 Å². The minimum atomic E-state index is 0. The van der Waals surface area contributed by atoms with Gasteiger partial charge >= 0.3 is 0 Å². The molecule has 0 aromatic heterocycles. The van der Waals surface area contributed by atoms with Gasteiger partial charge in [-0.3, -0.25) is 0 Å². The van der Waals surface area contributed by atoms with E-state index in [0.29, 0.717) is 6.61 Å². The molecule has 0 atom stereocenters. The zero-order valence-corrected chi connectivity index (χ0v) is 7.24. The Morgan fingerprint density at radius 1 is 1.10 bits per heavy atom. The van der Waals surface area contributed by atoms with Crippen LogP contribution in [-0.4, -0.2) is 13.7 Å². The minimum Gasteiger partial charge on any atom is -0.417 e. The predicted molar refractivity (Wildman–Crippen MR) is 50.6 cm³/mol. The Morgan fingerprint density at radius 3 is 1.20 bits per heavy atom. The van der Waals surface area contributed by atoms with E-state index < -0.39 is 0 Å². The molecule has 0 heterocycles. The van der Waals surface area contributed by atoms with Gasteiger partial charge in [0.05, 0.1) is 0 Å². The summed E-state index contributed by atoms with van der Waals surface area (Å²) in [5.74, 6) is 0. The van der Waals surface area contributed by atoms with Crippen molar-refractivity contribution in [3.63, 3.8) is 0 Å². The van der Waals surface area contributed by atoms with Gasteiger partial charge in [0.1, 0.15) is 0 Å². The third-order valence-corrected chi connectivity index (χ3v) is 0.204. The number of hydrogen-bond donors (Lipinski definition) is 0. The molecule has 0 unspecified atom stereocenters. The summed E-state index contributed by atoms with van der Waals surface area (Å²) in [4.78, 5) is 0. The second-order valence-corrected chi connectivity index (χ2v) is 0.493. The van der Waals surface area contributed by atoms with Crippen LogP contribution in [-0.2, 0) is 37.4 Å². The normalized spacial score (nSPS) is 3.00. The molecule has 0 aliphatic carbocycles. The van der Waals surface area contributed by atoms with E-state index in [-0.39, 0.29) is 69.8 Å². The maximum absolute atomic E-state index is 4.43. The van der Waals surface area contributed by atoms with Crippen molar-refractivity contribution in [1.82, 2.24) is 0 Å². The molecule has 0 fully saturated rings. The maximum Gasteiger partial charge on any atom is 0.0319 e. The summed E-state index contributed by atoms with van der Waals surface area (Å²) in [6.07, 6.45) is 0. The molecule has 0 rings (SSSR count). The summed E-state index contributed by atoms with van der Waals surface area (Å²) in [5.41, 5.74) is 0. The van der Waals surface area contributed by atoms with Crippen molar-refractivity contribution in [2.24, 2.45) is 0 Å². The van der Waals surface area contributed by atoms with E-state index in [9.17, 15) is 0 Å². The van der Waals surface area contributed by atoms with Crippen molar-refractivity contribution in [3.8, 4) is 0 Å². The third-order valence-electron chi connectivity index (χ3n) is 0.204. The van der Waals surface area contributed by atoms with E-state index in [1.165, 1.54) is 0 Å². The van der Waals surface area contributed by atoms with Gasteiger partial charge in [-0.15, -0.1) is 0 Å². The molecule has 0 saturated carbocycles. The molecule has 0 saturated heterocycles. The van der Waals surface area contributed by atoms with Crippen LogP contribution in [0.2, 0.25) is 0 Å². The zero-order chi connectivity index (χ0) is 3.41. The molecular formula is C8H26OY-2. The van der Waals surface area contributed by atoms with E-state index in [1.807, 2.05) is 0 Å². The molecule has 0 aliphatic rings. The fraction of sp³-hybridized carbons (Fsp3) is 0.750. The van der Waals surface area contributed by atoms with Gasteiger partial charge in [0, 0.05) is 39.8 Å². The molecule has 0 bridgehead atoms. The SMILES string of the molecule is C.C.C.C.[CH2-]COC.[CH3-].[Y]. The van der Waals surface area contributed by atoms with Crippen LogP contribution >= 0.6 is 0 Å². The fourth-order valence-electron chi connectivity index (χ4n) is 0. The molecule has 1 radical (unpaired) electrons. The Morgan fingerprint density at radius 2 is 1.20 bits per heavy atom. The number of methoxy groups -OCH3 is 1. The first-order valence-electron chi connectivity index (χ1n) is 1.20. The van der Waals surface area contributed by atoms with Crippen LogP contribution in [0.3, 0.4) is 0 Å². The van der Waals surface area contributed by atoms with Crippen molar-refractivity contribution < 1.29 is 37.4 Å².